The molecule has 0 spiro atoms. The third kappa shape index (κ3) is 3.27. The molecule has 0 aliphatic carbocycles. The first-order valence-corrected chi connectivity index (χ1v) is 8.48. The van der Waals surface area contributed by atoms with Crippen molar-refractivity contribution in [1.82, 2.24) is 15.2 Å². The summed E-state index contributed by atoms with van der Waals surface area (Å²) in [4.78, 5) is 15.7. The van der Waals surface area contributed by atoms with E-state index >= 15 is 0 Å². The van der Waals surface area contributed by atoms with Crippen LogP contribution in [0.5, 0.6) is 0 Å². The SMILES string of the molecule is Cc1[nH]c2ccc(C(=O)Nc3nnc(CC(C)C)s3)cc2c1C. The van der Waals surface area contributed by atoms with Crippen molar-refractivity contribution in [2.45, 2.75) is 34.1 Å². The van der Waals surface area contributed by atoms with Crippen molar-refractivity contribution in [3.05, 3.63) is 40.0 Å². The number of carbonyl (C=O) groups is 1. The molecule has 0 aliphatic heterocycles. The predicted octanol–water partition coefficient (Wildman–Crippen LogP) is 4.09. The van der Waals surface area contributed by atoms with Gasteiger partial charge >= 0.3 is 0 Å². The Bertz CT molecular complexity index is 863. The van der Waals surface area contributed by atoms with Crippen LogP contribution in [0, 0.1) is 19.8 Å². The molecule has 0 aliphatic rings. The van der Waals surface area contributed by atoms with Crippen molar-refractivity contribution in [2.24, 2.45) is 5.92 Å². The summed E-state index contributed by atoms with van der Waals surface area (Å²) in [6, 6.07) is 5.68. The van der Waals surface area contributed by atoms with E-state index in [1.54, 1.807) is 0 Å². The van der Waals surface area contributed by atoms with Gasteiger partial charge in [0.25, 0.3) is 5.91 Å². The Hall–Kier alpha value is -2.21. The normalized spacial score (nSPS) is 11.3. The van der Waals surface area contributed by atoms with Crippen LogP contribution in [0.4, 0.5) is 5.13 Å². The maximum atomic E-state index is 12.4. The monoisotopic (exact) mass is 328 g/mol. The van der Waals surface area contributed by atoms with Crippen molar-refractivity contribution < 1.29 is 4.79 Å². The number of nitrogens with one attached hydrogen (secondary N) is 2. The molecule has 0 unspecified atom stereocenters. The van der Waals surface area contributed by atoms with Crippen molar-refractivity contribution in [3.8, 4) is 0 Å². The number of rotatable bonds is 4. The van der Waals surface area contributed by atoms with Gasteiger partial charge in [-0.15, -0.1) is 10.2 Å². The Labute approximate surface area is 139 Å². The maximum absolute atomic E-state index is 12.4. The number of nitrogens with zero attached hydrogens (tertiary/aromatic N) is 2. The van der Waals surface area contributed by atoms with Crippen LogP contribution in [0.15, 0.2) is 18.2 Å². The highest BCUT2D eigenvalue weighted by atomic mass is 32.1. The summed E-state index contributed by atoms with van der Waals surface area (Å²) in [5, 5.41) is 13.6. The standard InChI is InChI=1S/C17H20N4OS/c1-9(2)7-15-20-21-17(23-15)19-16(22)12-5-6-14-13(8-12)10(3)11(4)18-14/h5-6,8-9,18H,7H2,1-4H3,(H,19,21,22). The van der Waals surface area contributed by atoms with Gasteiger partial charge in [0, 0.05) is 28.6 Å². The van der Waals surface area contributed by atoms with Crippen LogP contribution >= 0.6 is 11.3 Å². The second kappa shape index (κ2) is 6.12. The highest BCUT2D eigenvalue weighted by molar-refractivity contribution is 7.15. The van der Waals surface area contributed by atoms with E-state index in [9.17, 15) is 4.79 Å². The van der Waals surface area contributed by atoms with Crippen LogP contribution in [0.25, 0.3) is 10.9 Å². The van der Waals surface area contributed by atoms with Gasteiger partial charge in [-0.3, -0.25) is 10.1 Å². The van der Waals surface area contributed by atoms with Crippen LogP contribution in [0.1, 0.15) is 40.5 Å². The third-order valence-electron chi connectivity index (χ3n) is 3.84. The third-order valence-corrected chi connectivity index (χ3v) is 4.70. The van der Waals surface area contributed by atoms with Crippen LogP contribution in [-0.2, 0) is 6.42 Å². The number of H-pyrrole nitrogens is 1. The molecule has 3 rings (SSSR count). The van der Waals surface area contributed by atoms with Gasteiger partial charge in [0.1, 0.15) is 5.01 Å². The van der Waals surface area contributed by atoms with E-state index in [1.807, 2.05) is 25.1 Å². The molecule has 0 bridgehead atoms. The number of hydrogen-bond acceptors (Lipinski definition) is 4. The second-order valence-electron chi connectivity index (χ2n) is 6.19. The molecular formula is C17H20N4OS. The molecule has 2 heterocycles. The summed E-state index contributed by atoms with van der Waals surface area (Å²) in [7, 11) is 0. The molecule has 2 N–H and O–H groups in total. The molecule has 6 heteroatoms. The van der Waals surface area contributed by atoms with E-state index in [2.05, 4.69) is 41.3 Å². The minimum atomic E-state index is -0.155. The molecular weight excluding hydrogens is 308 g/mol. The van der Waals surface area contributed by atoms with Gasteiger partial charge in [0.15, 0.2) is 0 Å². The molecule has 1 amide bonds. The fraction of sp³-hybridized carbons (Fsp3) is 0.353. The Kier molecular flexibility index (Phi) is 4.17. The Morgan fingerprint density at radius 3 is 2.83 bits per heavy atom. The quantitative estimate of drug-likeness (QED) is 0.758. The molecule has 0 saturated heterocycles. The average Bonchev–Trinajstić information content (AvgIpc) is 3.03. The largest absolute Gasteiger partial charge is 0.358 e. The summed E-state index contributed by atoms with van der Waals surface area (Å²) in [5.41, 5.74) is 3.97. The zero-order chi connectivity index (χ0) is 16.6. The zero-order valence-corrected chi connectivity index (χ0v) is 14.5. The van der Waals surface area contributed by atoms with Crippen LogP contribution in [0.2, 0.25) is 0 Å². The Morgan fingerprint density at radius 2 is 2.09 bits per heavy atom. The van der Waals surface area contributed by atoms with E-state index in [4.69, 9.17) is 0 Å². The highest BCUT2D eigenvalue weighted by Crippen LogP contribution is 2.23. The summed E-state index contributed by atoms with van der Waals surface area (Å²) in [6.45, 7) is 8.36. The fourth-order valence-corrected chi connectivity index (χ4v) is 3.45. The van der Waals surface area contributed by atoms with Crippen molar-refractivity contribution in [1.29, 1.82) is 0 Å². The molecule has 0 atom stereocenters. The summed E-state index contributed by atoms with van der Waals surface area (Å²) in [6.07, 6.45) is 0.876. The molecule has 0 saturated carbocycles. The zero-order valence-electron chi connectivity index (χ0n) is 13.7. The summed E-state index contributed by atoms with van der Waals surface area (Å²) < 4.78 is 0. The lowest BCUT2D eigenvalue weighted by atomic mass is 10.1. The van der Waals surface area contributed by atoms with Gasteiger partial charge in [-0.05, 0) is 43.5 Å². The fourth-order valence-electron chi connectivity index (χ4n) is 2.51. The number of aryl methyl sites for hydroxylation is 2. The Morgan fingerprint density at radius 1 is 1.30 bits per heavy atom. The summed E-state index contributed by atoms with van der Waals surface area (Å²) in [5.74, 6) is 0.367. The van der Waals surface area contributed by atoms with E-state index in [0.29, 0.717) is 16.6 Å². The minimum Gasteiger partial charge on any atom is -0.358 e. The maximum Gasteiger partial charge on any atom is 0.257 e. The molecule has 3 aromatic rings. The molecule has 23 heavy (non-hydrogen) atoms. The van der Waals surface area contributed by atoms with Gasteiger partial charge in [-0.2, -0.15) is 0 Å². The highest BCUT2D eigenvalue weighted by Gasteiger charge is 2.13. The summed E-state index contributed by atoms with van der Waals surface area (Å²) >= 11 is 1.43. The number of anilines is 1. The number of carbonyl (C=O) groups excluding carboxylic acids is 1. The first kappa shape index (κ1) is 15.7. The van der Waals surface area contributed by atoms with E-state index in [-0.39, 0.29) is 5.91 Å². The smallest absolute Gasteiger partial charge is 0.257 e. The molecule has 2 aromatic heterocycles. The molecule has 0 fully saturated rings. The first-order chi connectivity index (χ1) is 10.9. The van der Waals surface area contributed by atoms with Gasteiger partial charge in [0.2, 0.25) is 5.13 Å². The van der Waals surface area contributed by atoms with Gasteiger partial charge < -0.3 is 4.98 Å². The van der Waals surface area contributed by atoms with Crippen molar-refractivity contribution >= 4 is 33.3 Å². The number of amides is 1. The van der Waals surface area contributed by atoms with Gasteiger partial charge in [-0.1, -0.05) is 25.2 Å². The topological polar surface area (TPSA) is 70.7 Å². The minimum absolute atomic E-state index is 0.155. The number of hydrogen-bond donors (Lipinski definition) is 2. The van der Waals surface area contributed by atoms with Crippen molar-refractivity contribution in [3.63, 3.8) is 0 Å². The molecule has 120 valence electrons. The molecule has 0 radical (unpaired) electrons. The Balaban J connectivity index is 1.80. The number of benzene rings is 1. The molecule has 5 nitrogen and oxygen atoms in total. The molecule has 1 aromatic carbocycles. The lowest BCUT2D eigenvalue weighted by molar-refractivity contribution is 0.102. The van der Waals surface area contributed by atoms with Crippen LogP contribution in [-0.4, -0.2) is 21.1 Å². The van der Waals surface area contributed by atoms with Gasteiger partial charge in [0.05, 0.1) is 0 Å². The van der Waals surface area contributed by atoms with E-state index in [0.717, 1.165) is 28.0 Å². The van der Waals surface area contributed by atoms with Crippen LogP contribution in [0.3, 0.4) is 0 Å². The first-order valence-electron chi connectivity index (χ1n) is 7.66. The number of fused-ring (bicyclic) bond motifs is 1. The van der Waals surface area contributed by atoms with E-state index < -0.39 is 0 Å². The van der Waals surface area contributed by atoms with Crippen LogP contribution < -0.4 is 5.32 Å². The number of aromatic nitrogens is 3. The predicted molar refractivity (Wildman–Crippen MR) is 94.2 cm³/mol. The average molecular weight is 328 g/mol. The van der Waals surface area contributed by atoms with Gasteiger partial charge in [-0.25, -0.2) is 0 Å². The second-order valence-corrected chi connectivity index (χ2v) is 7.25. The van der Waals surface area contributed by atoms with E-state index in [1.165, 1.54) is 16.9 Å². The lowest BCUT2D eigenvalue weighted by Gasteiger charge is -2.02. The van der Waals surface area contributed by atoms with Crippen molar-refractivity contribution in [2.75, 3.05) is 5.32 Å². The lowest BCUT2D eigenvalue weighted by Crippen LogP contribution is -2.11. The number of aromatic amines is 1.